The number of aromatic nitrogens is 5. The van der Waals surface area contributed by atoms with Gasteiger partial charge in [0.25, 0.3) is 0 Å². The molecule has 30 heavy (non-hydrogen) atoms. The first-order chi connectivity index (χ1) is 14.8. The van der Waals surface area contributed by atoms with E-state index in [1.54, 1.807) is 18.6 Å². The van der Waals surface area contributed by atoms with Crippen molar-refractivity contribution < 1.29 is 4.79 Å². The lowest BCUT2D eigenvalue weighted by atomic mass is 10.1. The first-order valence-electron chi connectivity index (χ1n) is 9.54. The van der Waals surface area contributed by atoms with Crippen LogP contribution in [0.1, 0.15) is 12.5 Å². The Labute approximate surface area is 178 Å². The molecule has 4 rings (SSSR count). The number of nitrogens with zero attached hydrogens (tertiary/aromatic N) is 5. The number of para-hydroxylation sites is 2. The van der Waals surface area contributed by atoms with Gasteiger partial charge in [-0.3, -0.25) is 14.3 Å². The number of nitrogens with one attached hydrogen (secondary N) is 1. The van der Waals surface area contributed by atoms with Gasteiger partial charge in [-0.25, -0.2) is 4.98 Å². The highest BCUT2D eigenvalue weighted by Gasteiger charge is 2.18. The number of amides is 1. The minimum atomic E-state index is -0.0930. The number of hydrogen-bond acceptors (Lipinski definition) is 6. The molecular formula is C22H20N6OS. The largest absolute Gasteiger partial charge is 0.325 e. The number of rotatable bonds is 7. The molecule has 0 fully saturated rings. The first-order valence-corrected chi connectivity index (χ1v) is 10.5. The number of anilines is 1. The molecule has 0 aliphatic rings. The van der Waals surface area contributed by atoms with E-state index in [4.69, 9.17) is 0 Å². The maximum Gasteiger partial charge on any atom is 0.234 e. The fraction of sp³-hybridized carbons (Fsp3) is 0.136. The molecule has 2 aromatic heterocycles. The van der Waals surface area contributed by atoms with Gasteiger partial charge in [0, 0.05) is 23.8 Å². The van der Waals surface area contributed by atoms with Crippen LogP contribution >= 0.6 is 11.8 Å². The van der Waals surface area contributed by atoms with Crippen LogP contribution in [0.2, 0.25) is 0 Å². The Morgan fingerprint density at radius 1 is 1.03 bits per heavy atom. The van der Waals surface area contributed by atoms with E-state index >= 15 is 0 Å². The van der Waals surface area contributed by atoms with Gasteiger partial charge < -0.3 is 5.32 Å². The van der Waals surface area contributed by atoms with Crippen molar-refractivity contribution in [3.63, 3.8) is 0 Å². The molecule has 1 amide bonds. The number of thioether (sulfide) groups is 1. The van der Waals surface area contributed by atoms with Crippen molar-refractivity contribution in [1.82, 2.24) is 24.7 Å². The molecule has 8 heteroatoms. The fourth-order valence-corrected chi connectivity index (χ4v) is 3.77. The lowest BCUT2D eigenvalue weighted by Gasteiger charge is -2.11. The van der Waals surface area contributed by atoms with Crippen LogP contribution in [-0.2, 0) is 11.2 Å². The zero-order valence-corrected chi connectivity index (χ0v) is 17.2. The van der Waals surface area contributed by atoms with Crippen LogP contribution in [0.3, 0.4) is 0 Å². The van der Waals surface area contributed by atoms with E-state index in [0.717, 1.165) is 23.4 Å². The molecule has 1 N–H and O–H groups in total. The summed E-state index contributed by atoms with van der Waals surface area (Å²) in [6.07, 6.45) is 5.73. The van der Waals surface area contributed by atoms with Gasteiger partial charge in [0.2, 0.25) is 5.91 Å². The van der Waals surface area contributed by atoms with E-state index in [2.05, 4.69) is 32.4 Å². The van der Waals surface area contributed by atoms with Crippen molar-refractivity contribution in [3.8, 4) is 17.2 Å². The second-order valence-corrected chi connectivity index (χ2v) is 7.36. The molecule has 0 bridgehead atoms. The van der Waals surface area contributed by atoms with E-state index in [0.29, 0.717) is 16.7 Å². The summed E-state index contributed by atoms with van der Waals surface area (Å²) in [5.74, 6) is 0.696. The van der Waals surface area contributed by atoms with Gasteiger partial charge in [0.05, 0.1) is 11.9 Å². The molecular weight excluding hydrogens is 396 g/mol. The Bertz CT molecular complexity index is 1130. The molecule has 4 aromatic rings. The highest BCUT2D eigenvalue weighted by Crippen LogP contribution is 2.27. The standard InChI is InChI=1S/C22H20N6OS/c1-2-16-8-6-7-11-18(16)25-20(29)15-30-22-27-26-21(19-14-23-12-13-24-19)28(22)17-9-4-3-5-10-17/h3-14H,2,15H2,1H3,(H,25,29). The minimum Gasteiger partial charge on any atom is -0.325 e. The highest BCUT2D eigenvalue weighted by molar-refractivity contribution is 7.99. The molecule has 2 aromatic carbocycles. The Kier molecular flexibility index (Phi) is 6.14. The van der Waals surface area contributed by atoms with Gasteiger partial charge in [-0.2, -0.15) is 0 Å². The van der Waals surface area contributed by atoms with Crippen LogP contribution in [0, 0.1) is 0 Å². The monoisotopic (exact) mass is 416 g/mol. The summed E-state index contributed by atoms with van der Waals surface area (Å²) in [5.41, 5.74) is 3.45. The Hall–Kier alpha value is -3.52. The van der Waals surface area contributed by atoms with Gasteiger partial charge in [0.1, 0.15) is 5.69 Å². The normalized spacial score (nSPS) is 10.7. The topological polar surface area (TPSA) is 85.6 Å². The molecule has 0 atom stereocenters. The highest BCUT2D eigenvalue weighted by atomic mass is 32.2. The summed E-state index contributed by atoms with van der Waals surface area (Å²) in [4.78, 5) is 21.0. The molecule has 0 aliphatic carbocycles. The quantitative estimate of drug-likeness (QED) is 0.458. The third-order valence-electron chi connectivity index (χ3n) is 4.44. The molecule has 0 saturated heterocycles. The Balaban J connectivity index is 1.57. The third kappa shape index (κ3) is 4.38. The maximum atomic E-state index is 12.6. The number of hydrogen-bond donors (Lipinski definition) is 1. The van der Waals surface area contributed by atoms with Crippen LogP contribution < -0.4 is 5.32 Å². The summed E-state index contributed by atoms with van der Waals surface area (Å²) in [7, 11) is 0. The van der Waals surface area contributed by atoms with Crippen LogP contribution in [-0.4, -0.2) is 36.4 Å². The van der Waals surface area contributed by atoms with E-state index in [1.165, 1.54) is 11.8 Å². The molecule has 0 aliphatic heterocycles. The van der Waals surface area contributed by atoms with Crippen molar-refractivity contribution >= 4 is 23.4 Å². The lowest BCUT2D eigenvalue weighted by molar-refractivity contribution is -0.113. The fourth-order valence-electron chi connectivity index (χ4n) is 3.02. The zero-order valence-electron chi connectivity index (χ0n) is 16.4. The SMILES string of the molecule is CCc1ccccc1NC(=O)CSc1nnc(-c2cnccn2)n1-c1ccccc1. The Morgan fingerprint density at radius 3 is 2.60 bits per heavy atom. The van der Waals surface area contributed by atoms with Gasteiger partial charge in [-0.1, -0.05) is 55.1 Å². The third-order valence-corrected chi connectivity index (χ3v) is 5.37. The number of benzene rings is 2. The number of aryl methyl sites for hydroxylation is 1. The van der Waals surface area contributed by atoms with Gasteiger partial charge >= 0.3 is 0 Å². The van der Waals surface area contributed by atoms with Gasteiger partial charge in [-0.05, 0) is 30.2 Å². The van der Waals surface area contributed by atoms with E-state index in [-0.39, 0.29) is 11.7 Å². The Morgan fingerprint density at radius 2 is 1.83 bits per heavy atom. The second-order valence-electron chi connectivity index (χ2n) is 6.42. The molecule has 7 nitrogen and oxygen atoms in total. The predicted octanol–water partition coefficient (Wildman–Crippen LogP) is 4.02. The van der Waals surface area contributed by atoms with Crippen molar-refractivity contribution in [1.29, 1.82) is 0 Å². The van der Waals surface area contributed by atoms with Crippen molar-refractivity contribution in [2.45, 2.75) is 18.5 Å². The second kappa shape index (κ2) is 9.32. The summed E-state index contributed by atoms with van der Waals surface area (Å²) < 4.78 is 1.89. The van der Waals surface area contributed by atoms with Gasteiger partial charge in [-0.15, -0.1) is 10.2 Å². The zero-order chi connectivity index (χ0) is 20.8. The predicted molar refractivity (Wildman–Crippen MR) is 118 cm³/mol. The van der Waals surface area contributed by atoms with Crippen molar-refractivity contribution in [2.75, 3.05) is 11.1 Å². The summed E-state index contributed by atoms with van der Waals surface area (Å²) in [6, 6.07) is 17.6. The molecule has 0 spiro atoms. The minimum absolute atomic E-state index is 0.0930. The maximum absolute atomic E-state index is 12.6. The molecule has 150 valence electrons. The van der Waals surface area contributed by atoms with E-state index in [1.807, 2.05) is 59.2 Å². The summed E-state index contributed by atoms with van der Waals surface area (Å²) >= 11 is 1.33. The van der Waals surface area contributed by atoms with E-state index in [9.17, 15) is 4.79 Å². The number of carbonyl (C=O) groups excluding carboxylic acids is 1. The average Bonchev–Trinajstić information content (AvgIpc) is 3.23. The summed E-state index contributed by atoms with van der Waals surface area (Å²) in [6.45, 7) is 2.07. The van der Waals surface area contributed by atoms with Gasteiger partial charge in [0.15, 0.2) is 11.0 Å². The van der Waals surface area contributed by atoms with Crippen molar-refractivity contribution in [3.05, 3.63) is 78.8 Å². The molecule has 0 radical (unpaired) electrons. The number of carbonyl (C=O) groups is 1. The lowest BCUT2D eigenvalue weighted by Crippen LogP contribution is -2.15. The smallest absolute Gasteiger partial charge is 0.234 e. The van der Waals surface area contributed by atoms with Crippen LogP contribution in [0.4, 0.5) is 5.69 Å². The first kappa shape index (κ1) is 19.8. The van der Waals surface area contributed by atoms with Crippen molar-refractivity contribution in [2.24, 2.45) is 0 Å². The van der Waals surface area contributed by atoms with Crippen LogP contribution in [0.5, 0.6) is 0 Å². The van der Waals surface area contributed by atoms with E-state index < -0.39 is 0 Å². The average molecular weight is 417 g/mol. The molecule has 0 saturated carbocycles. The summed E-state index contributed by atoms with van der Waals surface area (Å²) in [5, 5.41) is 12.2. The molecule has 0 unspecified atom stereocenters. The van der Waals surface area contributed by atoms with Crippen LogP contribution in [0.25, 0.3) is 17.2 Å². The molecule has 2 heterocycles. The van der Waals surface area contributed by atoms with Crippen LogP contribution in [0.15, 0.2) is 78.3 Å².